The van der Waals surface area contributed by atoms with E-state index in [-0.39, 0.29) is 24.0 Å². The van der Waals surface area contributed by atoms with E-state index in [4.69, 9.17) is 17.3 Å². The zero-order valence-electron chi connectivity index (χ0n) is 6.75. The molecule has 0 atom stereocenters. The van der Waals surface area contributed by atoms with E-state index in [0.29, 0.717) is 17.5 Å². The van der Waals surface area contributed by atoms with E-state index in [1.165, 1.54) is 0 Å². The summed E-state index contributed by atoms with van der Waals surface area (Å²) in [6.07, 6.45) is 0. The van der Waals surface area contributed by atoms with Crippen LogP contribution >= 0.6 is 35.6 Å². The van der Waals surface area contributed by atoms with E-state index >= 15 is 0 Å². The lowest BCUT2D eigenvalue weighted by molar-refractivity contribution is 1.04. The summed E-state index contributed by atoms with van der Waals surface area (Å²) in [6, 6.07) is 5.64. The van der Waals surface area contributed by atoms with E-state index in [9.17, 15) is 0 Å². The van der Waals surface area contributed by atoms with Crippen LogP contribution in [0.15, 0.2) is 23.2 Å². The first-order valence-electron chi connectivity index (χ1n) is 3.61. The Labute approximate surface area is 98.4 Å². The highest BCUT2D eigenvalue weighted by atomic mass is 127. The van der Waals surface area contributed by atoms with Gasteiger partial charge in [-0.05, 0) is 17.7 Å². The SMILES string of the molecule is I.NC1=NCc2ccc(Cl)cc2N1. The van der Waals surface area contributed by atoms with Crippen molar-refractivity contribution in [3.63, 3.8) is 0 Å². The van der Waals surface area contributed by atoms with E-state index < -0.39 is 0 Å². The molecule has 1 aromatic rings. The number of hydrogen-bond acceptors (Lipinski definition) is 3. The fraction of sp³-hybridized carbons (Fsp3) is 0.125. The maximum Gasteiger partial charge on any atom is 0.193 e. The second-order valence-corrected chi connectivity index (χ2v) is 3.06. The van der Waals surface area contributed by atoms with Crippen molar-refractivity contribution >= 4 is 47.2 Å². The van der Waals surface area contributed by atoms with Crippen LogP contribution in [0.4, 0.5) is 5.69 Å². The number of aliphatic imine (C=N–C) groups is 1. The molecule has 1 heterocycles. The van der Waals surface area contributed by atoms with Crippen molar-refractivity contribution in [2.45, 2.75) is 6.54 Å². The minimum Gasteiger partial charge on any atom is -0.370 e. The molecule has 0 saturated heterocycles. The Kier molecular flexibility index (Phi) is 3.38. The van der Waals surface area contributed by atoms with Gasteiger partial charge in [0, 0.05) is 10.7 Å². The molecule has 5 heteroatoms. The molecule has 70 valence electrons. The number of anilines is 1. The second kappa shape index (κ2) is 4.15. The van der Waals surface area contributed by atoms with Crippen molar-refractivity contribution in [2.75, 3.05) is 5.32 Å². The van der Waals surface area contributed by atoms with Gasteiger partial charge in [0.2, 0.25) is 0 Å². The van der Waals surface area contributed by atoms with Crippen molar-refractivity contribution < 1.29 is 0 Å². The number of guanidine groups is 1. The third-order valence-corrected chi connectivity index (χ3v) is 1.99. The largest absolute Gasteiger partial charge is 0.370 e. The number of nitrogens with two attached hydrogens (primary N) is 1. The summed E-state index contributed by atoms with van der Waals surface area (Å²) in [5.41, 5.74) is 7.57. The van der Waals surface area contributed by atoms with Gasteiger partial charge in [0.05, 0.1) is 6.54 Å². The number of benzene rings is 1. The monoisotopic (exact) mass is 309 g/mol. The standard InChI is InChI=1S/C8H8ClN3.HI/c9-6-2-1-5-4-11-8(10)12-7(5)3-6;/h1-3H,4H2,(H3,10,11,12);1H. The van der Waals surface area contributed by atoms with Gasteiger partial charge in [0.15, 0.2) is 5.96 Å². The highest BCUT2D eigenvalue weighted by Gasteiger charge is 2.08. The zero-order valence-corrected chi connectivity index (χ0v) is 9.84. The molecular weight excluding hydrogens is 300 g/mol. The fourth-order valence-corrected chi connectivity index (χ4v) is 1.32. The normalized spacial score (nSPS) is 13.5. The van der Waals surface area contributed by atoms with Crippen LogP contribution in [0.1, 0.15) is 5.56 Å². The summed E-state index contributed by atoms with van der Waals surface area (Å²) < 4.78 is 0. The van der Waals surface area contributed by atoms with E-state index in [0.717, 1.165) is 11.3 Å². The van der Waals surface area contributed by atoms with Crippen molar-refractivity contribution in [3.8, 4) is 0 Å². The minimum absolute atomic E-state index is 0. The van der Waals surface area contributed by atoms with Crippen LogP contribution in [0.5, 0.6) is 0 Å². The Balaban J connectivity index is 0.000000845. The average Bonchev–Trinajstić information content (AvgIpc) is 2.03. The smallest absolute Gasteiger partial charge is 0.193 e. The number of nitrogens with one attached hydrogen (secondary N) is 1. The predicted molar refractivity (Wildman–Crippen MR) is 65.8 cm³/mol. The van der Waals surface area contributed by atoms with E-state index in [2.05, 4.69) is 10.3 Å². The van der Waals surface area contributed by atoms with Crippen molar-refractivity contribution in [2.24, 2.45) is 10.7 Å². The zero-order chi connectivity index (χ0) is 8.55. The third-order valence-electron chi connectivity index (χ3n) is 1.75. The quantitative estimate of drug-likeness (QED) is 0.722. The predicted octanol–water partition coefficient (Wildman–Crippen LogP) is 2.20. The maximum atomic E-state index is 5.80. The van der Waals surface area contributed by atoms with Gasteiger partial charge in [-0.2, -0.15) is 0 Å². The average molecular weight is 310 g/mol. The molecule has 0 saturated carbocycles. The van der Waals surface area contributed by atoms with Gasteiger partial charge >= 0.3 is 0 Å². The van der Waals surface area contributed by atoms with Crippen molar-refractivity contribution in [1.82, 2.24) is 0 Å². The number of fused-ring (bicyclic) bond motifs is 1. The molecule has 2 rings (SSSR count). The summed E-state index contributed by atoms with van der Waals surface area (Å²) in [6.45, 7) is 0.630. The summed E-state index contributed by atoms with van der Waals surface area (Å²) in [7, 11) is 0. The topological polar surface area (TPSA) is 50.4 Å². The Bertz CT molecular complexity index is 351. The molecule has 0 radical (unpaired) electrons. The summed E-state index contributed by atoms with van der Waals surface area (Å²) in [5, 5.41) is 3.65. The lowest BCUT2D eigenvalue weighted by atomic mass is 10.1. The molecule has 0 aromatic heterocycles. The highest BCUT2D eigenvalue weighted by Crippen LogP contribution is 2.23. The molecule has 1 aliphatic heterocycles. The molecule has 1 aromatic carbocycles. The van der Waals surface area contributed by atoms with Crippen LogP contribution < -0.4 is 11.1 Å². The molecular formula is C8H9ClIN3. The lowest BCUT2D eigenvalue weighted by Crippen LogP contribution is -2.26. The molecule has 0 bridgehead atoms. The first-order chi connectivity index (χ1) is 5.75. The van der Waals surface area contributed by atoms with Crippen molar-refractivity contribution in [3.05, 3.63) is 28.8 Å². The molecule has 0 aliphatic carbocycles. The molecule has 3 N–H and O–H groups in total. The first-order valence-corrected chi connectivity index (χ1v) is 3.99. The highest BCUT2D eigenvalue weighted by molar-refractivity contribution is 14.0. The molecule has 0 amide bonds. The van der Waals surface area contributed by atoms with Gasteiger partial charge in [-0.15, -0.1) is 24.0 Å². The molecule has 0 spiro atoms. The maximum absolute atomic E-state index is 5.80. The van der Waals surface area contributed by atoms with Gasteiger partial charge in [-0.25, -0.2) is 4.99 Å². The van der Waals surface area contributed by atoms with E-state index in [1.54, 1.807) is 0 Å². The minimum atomic E-state index is 0. The summed E-state index contributed by atoms with van der Waals surface area (Å²) in [4.78, 5) is 4.04. The first kappa shape index (κ1) is 10.6. The van der Waals surface area contributed by atoms with Gasteiger partial charge in [0.25, 0.3) is 0 Å². The summed E-state index contributed by atoms with van der Waals surface area (Å²) in [5.74, 6) is 0.449. The fourth-order valence-electron chi connectivity index (χ4n) is 1.15. The van der Waals surface area contributed by atoms with Gasteiger partial charge < -0.3 is 11.1 Å². The van der Waals surface area contributed by atoms with Crippen molar-refractivity contribution in [1.29, 1.82) is 0 Å². The Morgan fingerprint density at radius 2 is 2.23 bits per heavy atom. The Hall–Kier alpha value is -0.490. The molecule has 0 unspecified atom stereocenters. The van der Waals surface area contributed by atoms with Crippen LogP contribution in [-0.2, 0) is 6.54 Å². The summed E-state index contributed by atoms with van der Waals surface area (Å²) >= 11 is 5.80. The molecule has 13 heavy (non-hydrogen) atoms. The second-order valence-electron chi connectivity index (χ2n) is 2.63. The Morgan fingerprint density at radius 1 is 1.46 bits per heavy atom. The van der Waals surface area contributed by atoms with Crippen LogP contribution in [0.3, 0.4) is 0 Å². The lowest BCUT2D eigenvalue weighted by Gasteiger charge is -2.15. The van der Waals surface area contributed by atoms with Crippen LogP contribution in [0.2, 0.25) is 5.02 Å². The number of rotatable bonds is 0. The van der Waals surface area contributed by atoms with Gasteiger partial charge in [0.1, 0.15) is 0 Å². The van der Waals surface area contributed by atoms with Crippen LogP contribution in [0, 0.1) is 0 Å². The number of nitrogens with zero attached hydrogens (tertiary/aromatic N) is 1. The third kappa shape index (κ3) is 2.25. The molecule has 1 aliphatic rings. The van der Waals surface area contributed by atoms with Crippen LogP contribution in [-0.4, -0.2) is 5.96 Å². The molecule has 3 nitrogen and oxygen atoms in total. The van der Waals surface area contributed by atoms with E-state index in [1.807, 2.05) is 18.2 Å². The van der Waals surface area contributed by atoms with Crippen LogP contribution in [0.25, 0.3) is 0 Å². The molecule has 0 fully saturated rings. The van der Waals surface area contributed by atoms with Gasteiger partial charge in [-0.1, -0.05) is 17.7 Å². The van der Waals surface area contributed by atoms with Gasteiger partial charge in [-0.3, -0.25) is 0 Å². The number of halogens is 2. The number of hydrogen-bond donors (Lipinski definition) is 2. The Morgan fingerprint density at radius 3 is 3.00 bits per heavy atom.